The summed E-state index contributed by atoms with van der Waals surface area (Å²) in [4.78, 5) is 15.1. The Balaban J connectivity index is 1.53. The minimum absolute atomic E-state index is 0.0413. The largest absolute Gasteiger partial charge is 0.497 e. The Labute approximate surface area is 208 Å². The maximum atomic E-state index is 13.6. The first-order valence-corrected chi connectivity index (χ1v) is 12.6. The van der Waals surface area contributed by atoms with Crippen LogP contribution in [0.2, 0.25) is 0 Å². The second-order valence-electron chi connectivity index (χ2n) is 8.33. The van der Waals surface area contributed by atoms with Gasteiger partial charge in [0.05, 0.1) is 31.7 Å². The van der Waals surface area contributed by atoms with Crippen LogP contribution in [0.4, 0.5) is 10.1 Å². The lowest BCUT2D eigenvalue weighted by atomic mass is 10.1. The molecule has 2 aromatic carbocycles. The van der Waals surface area contributed by atoms with E-state index in [-0.39, 0.29) is 23.5 Å². The van der Waals surface area contributed by atoms with Crippen molar-refractivity contribution in [2.24, 2.45) is 0 Å². The number of amides is 1. The molecule has 1 atom stereocenters. The number of methoxy groups -OCH3 is 2. The van der Waals surface area contributed by atoms with Gasteiger partial charge in [-0.1, -0.05) is 18.2 Å². The van der Waals surface area contributed by atoms with Gasteiger partial charge in [0.1, 0.15) is 17.3 Å². The molecule has 0 aliphatic carbocycles. The van der Waals surface area contributed by atoms with Gasteiger partial charge in [0.2, 0.25) is 5.91 Å². The monoisotopic (exact) mass is 499 g/mol. The highest BCUT2D eigenvalue weighted by Crippen LogP contribution is 2.31. The van der Waals surface area contributed by atoms with Crippen molar-refractivity contribution in [3.8, 4) is 17.2 Å². The maximum Gasteiger partial charge on any atom is 0.234 e. The molecule has 0 radical (unpaired) electrons. The topological polar surface area (TPSA) is 81.5 Å². The van der Waals surface area contributed by atoms with Crippen molar-refractivity contribution in [2.75, 3.05) is 38.4 Å². The number of nitrogens with one attached hydrogen (secondary N) is 1. The van der Waals surface area contributed by atoms with Crippen LogP contribution in [0.5, 0.6) is 11.5 Å². The van der Waals surface area contributed by atoms with Crippen molar-refractivity contribution in [3.05, 3.63) is 54.1 Å². The normalized spacial score (nSPS) is 15.0. The molecule has 1 unspecified atom stereocenters. The molecule has 1 N–H and O–H groups in total. The number of benzene rings is 2. The molecule has 2 heterocycles. The maximum absolute atomic E-state index is 13.6. The Morgan fingerprint density at radius 1 is 1.09 bits per heavy atom. The van der Waals surface area contributed by atoms with E-state index in [1.807, 2.05) is 4.57 Å². The number of nitrogens with zero attached hydrogens (tertiary/aromatic N) is 4. The number of halogens is 1. The molecule has 8 nitrogen and oxygen atoms in total. The fourth-order valence-corrected chi connectivity index (χ4v) is 4.92. The molecule has 1 fully saturated rings. The quantitative estimate of drug-likeness (QED) is 0.427. The summed E-state index contributed by atoms with van der Waals surface area (Å²) < 4.78 is 26.1. The first-order chi connectivity index (χ1) is 17.0. The van der Waals surface area contributed by atoms with Crippen LogP contribution in [0.25, 0.3) is 5.69 Å². The number of hydrogen-bond donors (Lipinski definition) is 1. The van der Waals surface area contributed by atoms with Crippen LogP contribution in [0, 0.1) is 5.82 Å². The predicted octanol–water partition coefficient (Wildman–Crippen LogP) is 4.70. The zero-order chi connectivity index (χ0) is 24.8. The van der Waals surface area contributed by atoms with Crippen LogP contribution < -0.4 is 14.8 Å². The van der Waals surface area contributed by atoms with Crippen molar-refractivity contribution >= 4 is 23.4 Å². The van der Waals surface area contributed by atoms with Crippen molar-refractivity contribution in [1.29, 1.82) is 0 Å². The van der Waals surface area contributed by atoms with E-state index in [1.165, 1.54) is 37.4 Å². The number of carbonyl (C=O) groups excluding carboxylic acids is 1. The molecule has 186 valence electrons. The fourth-order valence-electron chi connectivity index (χ4n) is 4.17. The summed E-state index contributed by atoms with van der Waals surface area (Å²) in [6.07, 6.45) is 3.56. The van der Waals surface area contributed by atoms with Gasteiger partial charge in [-0.05, 0) is 69.3 Å². The number of likely N-dealkylation sites (tertiary alicyclic amines) is 1. The molecule has 0 spiro atoms. The molecule has 10 heteroatoms. The summed E-state index contributed by atoms with van der Waals surface area (Å²) >= 11 is 1.28. The molecule has 4 rings (SSSR count). The molecule has 35 heavy (non-hydrogen) atoms. The molecular weight excluding hydrogens is 469 g/mol. The summed E-state index contributed by atoms with van der Waals surface area (Å²) in [6, 6.07) is 11.5. The molecule has 1 aromatic heterocycles. The Bertz CT molecular complexity index is 1150. The Kier molecular flexibility index (Phi) is 8.25. The molecule has 0 saturated carbocycles. The smallest absolute Gasteiger partial charge is 0.234 e. The molecule has 1 saturated heterocycles. The number of piperidine rings is 1. The molecule has 0 bridgehead atoms. The van der Waals surface area contributed by atoms with Crippen LogP contribution in [-0.4, -0.2) is 58.6 Å². The zero-order valence-corrected chi connectivity index (χ0v) is 21.0. The van der Waals surface area contributed by atoms with E-state index < -0.39 is 0 Å². The number of rotatable bonds is 9. The lowest BCUT2D eigenvalue weighted by molar-refractivity contribution is -0.113. The summed E-state index contributed by atoms with van der Waals surface area (Å²) in [5, 5.41) is 12.3. The highest BCUT2D eigenvalue weighted by atomic mass is 32.2. The number of ether oxygens (including phenoxy) is 2. The van der Waals surface area contributed by atoms with Gasteiger partial charge < -0.3 is 14.8 Å². The minimum Gasteiger partial charge on any atom is -0.497 e. The lowest BCUT2D eigenvalue weighted by Gasteiger charge is -2.31. The summed E-state index contributed by atoms with van der Waals surface area (Å²) in [5.41, 5.74) is 1.31. The van der Waals surface area contributed by atoms with Gasteiger partial charge in [-0.15, -0.1) is 10.2 Å². The van der Waals surface area contributed by atoms with Gasteiger partial charge in [-0.2, -0.15) is 0 Å². The SMILES string of the molecule is COc1ccc(NC(=O)CSc2nnc(C(C)N3CCCCC3)n2-c2ccc(F)cc2)c(OC)c1. The average molecular weight is 500 g/mol. The van der Waals surface area contributed by atoms with E-state index in [0.29, 0.717) is 22.3 Å². The molecule has 3 aromatic rings. The third-order valence-electron chi connectivity index (χ3n) is 6.07. The van der Waals surface area contributed by atoms with Gasteiger partial charge in [-0.25, -0.2) is 4.39 Å². The Hall–Kier alpha value is -3.11. The number of thioether (sulfide) groups is 1. The Morgan fingerprint density at radius 2 is 1.83 bits per heavy atom. The number of carbonyl (C=O) groups is 1. The van der Waals surface area contributed by atoms with Gasteiger partial charge in [-0.3, -0.25) is 14.3 Å². The number of hydrogen-bond acceptors (Lipinski definition) is 7. The number of anilines is 1. The highest BCUT2D eigenvalue weighted by molar-refractivity contribution is 7.99. The second-order valence-corrected chi connectivity index (χ2v) is 9.27. The standard InChI is InChI=1S/C25H30FN5O3S/c1-17(30-13-5-4-6-14-30)24-28-29-25(31(24)19-9-7-18(26)8-10-19)35-16-23(32)27-21-12-11-20(33-2)15-22(21)34-3/h7-12,15,17H,4-6,13-14,16H2,1-3H3,(H,27,32). The van der Waals surface area contributed by atoms with Crippen molar-refractivity contribution in [2.45, 2.75) is 37.4 Å². The third kappa shape index (κ3) is 5.94. The zero-order valence-electron chi connectivity index (χ0n) is 20.2. The lowest BCUT2D eigenvalue weighted by Crippen LogP contribution is -2.33. The predicted molar refractivity (Wildman–Crippen MR) is 134 cm³/mol. The minimum atomic E-state index is -0.311. The van der Waals surface area contributed by atoms with Crippen molar-refractivity contribution in [1.82, 2.24) is 19.7 Å². The van der Waals surface area contributed by atoms with Crippen LogP contribution >= 0.6 is 11.8 Å². The van der Waals surface area contributed by atoms with E-state index >= 15 is 0 Å². The number of aromatic nitrogens is 3. The Morgan fingerprint density at radius 3 is 2.51 bits per heavy atom. The van der Waals surface area contributed by atoms with Crippen molar-refractivity contribution in [3.63, 3.8) is 0 Å². The van der Waals surface area contributed by atoms with Crippen LogP contribution in [0.3, 0.4) is 0 Å². The second kappa shape index (κ2) is 11.5. The van der Waals surface area contributed by atoms with E-state index in [1.54, 1.807) is 37.4 Å². The molecular formula is C25H30FN5O3S. The first kappa shape index (κ1) is 25.0. The first-order valence-electron chi connectivity index (χ1n) is 11.6. The van der Waals surface area contributed by atoms with Gasteiger partial charge in [0.15, 0.2) is 11.0 Å². The third-order valence-corrected chi connectivity index (χ3v) is 7.00. The van der Waals surface area contributed by atoms with Crippen molar-refractivity contribution < 1.29 is 18.7 Å². The summed E-state index contributed by atoms with van der Waals surface area (Å²) in [7, 11) is 3.11. The fraction of sp³-hybridized carbons (Fsp3) is 0.400. The van der Waals surface area contributed by atoms with E-state index in [0.717, 1.165) is 37.4 Å². The summed E-state index contributed by atoms with van der Waals surface area (Å²) in [6.45, 7) is 4.13. The van der Waals surface area contributed by atoms with Crippen LogP contribution in [-0.2, 0) is 4.79 Å². The van der Waals surface area contributed by atoms with Gasteiger partial charge >= 0.3 is 0 Å². The van der Waals surface area contributed by atoms with Gasteiger partial charge in [0, 0.05) is 11.8 Å². The van der Waals surface area contributed by atoms with Crippen LogP contribution in [0.15, 0.2) is 47.6 Å². The van der Waals surface area contributed by atoms with Gasteiger partial charge in [0.25, 0.3) is 0 Å². The van der Waals surface area contributed by atoms with E-state index in [2.05, 4.69) is 27.3 Å². The average Bonchev–Trinajstić information content (AvgIpc) is 3.32. The molecule has 1 aliphatic rings. The summed E-state index contributed by atoms with van der Waals surface area (Å²) in [5.74, 6) is 1.52. The molecule has 1 aliphatic heterocycles. The highest BCUT2D eigenvalue weighted by Gasteiger charge is 2.26. The van der Waals surface area contributed by atoms with Crippen LogP contribution in [0.1, 0.15) is 38.1 Å². The van der Waals surface area contributed by atoms with E-state index in [4.69, 9.17) is 9.47 Å². The van der Waals surface area contributed by atoms with E-state index in [9.17, 15) is 9.18 Å². The molecule has 1 amide bonds.